The van der Waals surface area contributed by atoms with E-state index >= 15 is 0 Å². The fraction of sp³-hybridized carbons (Fsp3) is 0.129. The average molecular weight is 492 g/mol. The van der Waals surface area contributed by atoms with E-state index in [2.05, 4.69) is 0 Å². The van der Waals surface area contributed by atoms with Gasteiger partial charge in [-0.2, -0.15) is 0 Å². The first-order chi connectivity index (χ1) is 18.3. The van der Waals surface area contributed by atoms with Gasteiger partial charge in [0.25, 0.3) is 0 Å². The number of hydrogen-bond donors (Lipinski definition) is 0. The maximum Gasteiger partial charge on any atom is 0.231 e. The first-order valence-electron chi connectivity index (χ1n) is 12.0. The van der Waals surface area contributed by atoms with Crippen LogP contribution in [0.3, 0.4) is 0 Å². The van der Waals surface area contributed by atoms with Crippen LogP contribution in [0.1, 0.15) is 11.1 Å². The molecule has 0 unspecified atom stereocenters. The van der Waals surface area contributed by atoms with Crippen molar-refractivity contribution < 1.29 is 23.7 Å². The highest BCUT2D eigenvalue weighted by Gasteiger charge is 2.19. The Hall–Kier alpha value is -4.71. The highest BCUT2D eigenvalue weighted by atomic mass is 16.7. The number of hydrogen-bond acceptors (Lipinski definition) is 6. The largest absolute Gasteiger partial charge is 0.493 e. The second kappa shape index (κ2) is 10.1. The van der Waals surface area contributed by atoms with Gasteiger partial charge >= 0.3 is 0 Å². The van der Waals surface area contributed by atoms with Gasteiger partial charge in [-0.25, -0.2) is 4.98 Å². The third-order valence-electron chi connectivity index (χ3n) is 6.18. The van der Waals surface area contributed by atoms with Gasteiger partial charge in [0.1, 0.15) is 13.2 Å². The Balaban J connectivity index is 1.38. The van der Waals surface area contributed by atoms with Crippen molar-refractivity contribution in [2.75, 3.05) is 13.9 Å². The van der Waals surface area contributed by atoms with E-state index in [1.165, 1.54) is 0 Å². The molecule has 0 N–H and O–H groups in total. The zero-order valence-electron chi connectivity index (χ0n) is 20.3. The van der Waals surface area contributed by atoms with Crippen molar-refractivity contribution in [1.82, 2.24) is 4.98 Å². The topological polar surface area (TPSA) is 59.0 Å². The standard InChI is InChI=1S/C31H25NO5/c1-33-29-15-24(25-13-12-23-14-27-28(37-20-36-27)17-26(23)32-25)16-30(34-18-21-8-4-2-5-9-21)31(29)35-19-22-10-6-3-7-11-22/h2-17H,18-20H2,1H3. The van der Waals surface area contributed by atoms with E-state index in [-0.39, 0.29) is 6.79 Å². The Labute approximate surface area is 215 Å². The van der Waals surface area contributed by atoms with E-state index in [4.69, 9.17) is 28.7 Å². The Bertz CT molecular complexity index is 1540. The molecule has 0 saturated heterocycles. The maximum absolute atomic E-state index is 6.29. The zero-order valence-corrected chi connectivity index (χ0v) is 20.3. The number of methoxy groups -OCH3 is 1. The Morgan fingerprint density at radius 3 is 2.05 bits per heavy atom. The summed E-state index contributed by atoms with van der Waals surface area (Å²) in [4.78, 5) is 4.89. The summed E-state index contributed by atoms with van der Waals surface area (Å²) in [6.07, 6.45) is 0. The van der Waals surface area contributed by atoms with E-state index in [0.29, 0.717) is 36.2 Å². The van der Waals surface area contributed by atoms with Crippen LogP contribution in [-0.2, 0) is 13.2 Å². The highest BCUT2D eigenvalue weighted by molar-refractivity contribution is 5.85. The lowest BCUT2D eigenvalue weighted by Crippen LogP contribution is -2.03. The Morgan fingerprint density at radius 1 is 0.703 bits per heavy atom. The van der Waals surface area contributed by atoms with E-state index in [0.717, 1.165) is 39.0 Å². The van der Waals surface area contributed by atoms with Crippen molar-refractivity contribution in [3.8, 4) is 40.0 Å². The van der Waals surface area contributed by atoms with Crippen molar-refractivity contribution in [1.29, 1.82) is 0 Å². The molecule has 0 radical (unpaired) electrons. The van der Waals surface area contributed by atoms with Crippen molar-refractivity contribution in [3.63, 3.8) is 0 Å². The van der Waals surface area contributed by atoms with Crippen LogP contribution in [-0.4, -0.2) is 18.9 Å². The number of ether oxygens (including phenoxy) is 5. The molecule has 1 aromatic heterocycles. The van der Waals surface area contributed by atoms with E-state index in [1.54, 1.807) is 7.11 Å². The summed E-state index contributed by atoms with van der Waals surface area (Å²) in [6.45, 7) is 1.01. The van der Waals surface area contributed by atoms with Crippen LogP contribution in [0.25, 0.3) is 22.2 Å². The number of aromatic nitrogens is 1. The Kier molecular flexibility index (Phi) is 6.21. The third kappa shape index (κ3) is 4.86. The Morgan fingerprint density at radius 2 is 1.35 bits per heavy atom. The van der Waals surface area contributed by atoms with Crippen molar-refractivity contribution >= 4 is 10.9 Å². The molecule has 4 aromatic carbocycles. The average Bonchev–Trinajstić information content (AvgIpc) is 3.41. The van der Waals surface area contributed by atoms with Gasteiger partial charge in [-0.1, -0.05) is 66.7 Å². The van der Waals surface area contributed by atoms with Gasteiger partial charge in [0.05, 0.1) is 18.3 Å². The monoisotopic (exact) mass is 491 g/mol. The summed E-state index contributed by atoms with van der Waals surface area (Å²) < 4.78 is 29.4. The molecule has 6 nitrogen and oxygen atoms in total. The molecule has 184 valence electrons. The van der Waals surface area contributed by atoms with Gasteiger partial charge in [0, 0.05) is 17.0 Å². The number of fused-ring (bicyclic) bond motifs is 2. The molecule has 0 saturated carbocycles. The number of nitrogens with zero attached hydrogens (tertiary/aromatic N) is 1. The van der Waals surface area contributed by atoms with Crippen LogP contribution in [0.2, 0.25) is 0 Å². The second-order valence-corrected chi connectivity index (χ2v) is 8.65. The van der Waals surface area contributed by atoms with Gasteiger partial charge in [0.2, 0.25) is 12.5 Å². The molecule has 0 atom stereocenters. The molecular weight excluding hydrogens is 466 g/mol. The summed E-state index contributed by atoms with van der Waals surface area (Å²) >= 11 is 0. The molecule has 0 spiro atoms. The lowest BCUT2D eigenvalue weighted by atomic mass is 10.1. The minimum Gasteiger partial charge on any atom is -0.493 e. The van der Waals surface area contributed by atoms with Crippen LogP contribution in [0.4, 0.5) is 0 Å². The smallest absolute Gasteiger partial charge is 0.231 e. The van der Waals surface area contributed by atoms with Gasteiger partial charge in [-0.05, 0) is 35.4 Å². The SMILES string of the molecule is COc1cc(-c2ccc3cc4c(cc3n2)OCO4)cc(OCc2ccccc2)c1OCc1ccccc1. The summed E-state index contributed by atoms with van der Waals surface area (Å²) in [5.74, 6) is 3.15. The zero-order chi connectivity index (χ0) is 25.0. The van der Waals surface area contributed by atoms with Crippen molar-refractivity contribution in [2.45, 2.75) is 13.2 Å². The molecule has 0 fully saturated rings. The van der Waals surface area contributed by atoms with E-state index < -0.39 is 0 Å². The number of pyridine rings is 1. The summed E-state index contributed by atoms with van der Waals surface area (Å²) in [7, 11) is 1.63. The van der Waals surface area contributed by atoms with Gasteiger partial charge in [-0.15, -0.1) is 0 Å². The summed E-state index contributed by atoms with van der Waals surface area (Å²) in [5, 5.41) is 0.975. The molecule has 2 heterocycles. The van der Waals surface area contributed by atoms with Gasteiger partial charge in [-0.3, -0.25) is 0 Å². The van der Waals surface area contributed by atoms with Crippen LogP contribution >= 0.6 is 0 Å². The normalized spacial score (nSPS) is 11.9. The number of benzene rings is 4. The maximum atomic E-state index is 6.29. The molecule has 37 heavy (non-hydrogen) atoms. The molecule has 0 aliphatic carbocycles. The van der Waals surface area contributed by atoms with E-state index in [9.17, 15) is 0 Å². The quantitative estimate of drug-likeness (QED) is 0.238. The first-order valence-corrected chi connectivity index (χ1v) is 12.0. The molecule has 6 heteroatoms. The molecule has 6 rings (SSSR count). The molecule has 1 aliphatic heterocycles. The van der Waals surface area contributed by atoms with Crippen molar-refractivity contribution in [3.05, 3.63) is 108 Å². The number of rotatable bonds is 8. The minimum atomic E-state index is 0.224. The van der Waals surface area contributed by atoms with Crippen LogP contribution in [0.15, 0.2) is 97.1 Å². The predicted octanol–water partition coefficient (Wildman–Crippen LogP) is 6.80. The fourth-order valence-electron chi connectivity index (χ4n) is 4.26. The highest BCUT2D eigenvalue weighted by Crippen LogP contribution is 2.43. The predicted molar refractivity (Wildman–Crippen MR) is 141 cm³/mol. The molecular formula is C31H25NO5. The molecule has 1 aliphatic rings. The second-order valence-electron chi connectivity index (χ2n) is 8.65. The summed E-state index contributed by atoms with van der Waals surface area (Å²) in [5.41, 5.74) is 4.56. The molecule has 0 amide bonds. The lowest BCUT2D eigenvalue weighted by Gasteiger charge is -2.18. The third-order valence-corrected chi connectivity index (χ3v) is 6.18. The van der Waals surface area contributed by atoms with Crippen molar-refractivity contribution in [2.24, 2.45) is 0 Å². The van der Waals surface area contributed by atoms with E-state index in [1.807, 2.05) is 97.1 Å². The van der Waals surface area contributed by atoms with Crippen LogP contribution < -0.4 is 23.7 Å². The first kappa shape index (κ1) is 22.7. The van der Waals surface area contributed by atoms with Gasteiger partial charge < -0.3 is 23.7 Å². The molecule has 0 bridgehead atoms. The summed E-state index contributed by atoms with van der Waals surface area (Å²) in [6, 6.07) is 31.8. The minimum absolute atomic E-state index is 0.224. The molecule has 5 aromatic rings. The lowest BCUT2D eigenvalue weighted by molar-refractivity contribution is 0.174. The fourth-order valence-corrected chi connectivity index (χ4v) is 4.26. The van der Waals surface area contributed by atoms with Crippen LogP contribution in [0.5, 0.6) is 28.7 Å². The van der Waals surface area contributed by atoms with Crippen LogP contribution in [0, 0.1) is 0 Å². The van der Waals surface area contributed by atoms with Gasteiger partial charge in [0.15, 0.2) is 23.0 Å².